The number of nitrogen functional groups attached to an aromatic ring is 1. The van der Waals surface area contributed by atoms with Crippen molar-refractivity contribution in [1.29, 1.82) is 0 Å². The van der Waals surface area contributed by atoms with Crippen molar-refractivity contribution in [1.82, 2.24) is 29.7 Å². The van der Waals surface area contributed by atoms with Crippen molar-refractivity contribution in [3.05, 3.63) is 74.9 Å². The number of aryl methyl sites for hydroxylation is 1. The summed E-state index contributed by atoms with van der Waals surface area (Å²) in [5, 5.41) is 17.6. The van der Waals surface area contributed by atoms with Gasteiger partial charge in [0.25, 0.3) is 21.6 Å². The van der Waals surface area contributed by atoms with E-state index in [2.05, 4.69) is 63.6 Å². The van der Waals surface area contributed by atoms with E-state index in [-0.39, 0.29) is 48.1 Å². The highest BCUT2D eigenvalue weighted by molar-refractivity contribution is 7.86. The number of phosphoric ester groups is 1. The van der Waals surface area contributed by atoms with Gasteiger partial charge in [0.2, 0.25) is 23.0 Å². The highest BCUT2D eigenvalue weighted by Crippen LogP contribution is 2.58. The second-order valence-electron chi connectivity index (χ2n) is 19.2. The number of fused-ring (bicyclic) bond motifs is 5. The Morgan fingerprint density at radius 3 is 2.45 bits per heavy atom. The minimum Gasteiger partial charge on any atom is -0.452 e. The number of rotatable bonds is 17. The molecule has 27 nitrogen and oxygen atoms in total. The van der Waals surface area contributed by atoms with E-state index in [4.69, 9.17) is 39.2 Å². The summed E-state index contributed by atoms with van der Waals surface area (Å²) < 4.78 is 89.1. The van der Waals surface area contributed by atoms with Crippen LogP contribution in [-0.4, -0.2) is 127 Å². The maximum Gasteiger partial charge on any atom is 0.481 e. The molecule has 4 aliphatic rings. The zero-order chi connectivity index (χ0) is 54.0. The number of amides is 2. The number of phosphoric acid groups is 2. The van der Waals surface area contributed by atoms with E-state index in [1.807, 2.05) is 30.6 Å². The topological polar surface area (TPSA) is 373 Å². The molecule has 5 atom stereocenters. The number of anilines is 2. The number of H-pyrrole nitrogens is 1. The molecule has 1 saturated heterocycles. The van der Waals surface area contributed by atoms with Crippen LogP contribution >= 0.6 is 15.6 Å². The number of allylic oxidation sites excluding steroid dienone is 1. The van der Waals surface area contributed by atoms with Crippen LogP contribution in [0.4, 0.5) is 22.1 Å². The summed E-state index contributed by atoms with van der Waals surface area (Å²) >= 11 is 0. The molecule has 2 amide bonds. The summed E-state index contributed by atoms with van der Waals surface area (Å²) in [6.07, 6.45) is -2.09. The molecule has 10 N–H and O–H groups in total. The van der Waals surface area contributed by atoms with Crippen LogP contribution in [-0.2, 0) is 49.4 Å². The van der Waals surface area contributed by atoms with Crippen LogP contribution < -0.4 is 51.4 Å². The van der Waals surface area contributed by atoms with Crippen molar-refractivity contribution in [3.8, 4) is 11.5 Å². The van der Waals surface area contributed by atoms with Crippen molar-refractivity contribution in [2.24, 2.45) is 12.0 Å². The lowest BCUT2D eigenvalue weighted by molar-refractivity contribution is -0.745. The standard InChI is InChI=1S/C44H56N10O17P2S/c1-8-53-29-16-31-27(14-25(29)23(2)18-43(53,3)4)48-28-15-26-24(21-74(64,65)66)19-44(5,6)54(30(26)17-32(28)68-31)13-9-10-34(55)46-11-12-47-42(58)70-37-33(20-67-73(62,63)71-72(59,60)61)69-40(36(37)56)52-22-51(7)35-38(52)49-41(45)50-39(35)57/h14-19,22,33,36-37,40,56H,8-13,20-21H2,1-7H3,(H7-2,45,46,47,49,50,55,57,58,59,60,61,62,63,64,65,66)/p+2/t33-,36-,37-,40-/m1/s1. The maximum absolute atomic E-state index is 13.1. The van der Waals surface area contributed by atoms with E-state index in [9.17, 15) is 46.5 Å². The lowest BCUT2D eigenvalue weighted by Gasteiger charge is -2.43. The number of aromatic amines is 1. The van der Waals surface area contributed by atoms with Gasteiger partial charge in [-0.1, -0.05) is 11.1 Å². The van der Waals surface area contributed by atoms with Gasteiger partial charge in [-0.25, -0.2) is 28.1 Å². The fourth-order valence-corrected chi connectivity index (χ4v) is 12.2. The van der Waals surface area contributed by atoms with Gasteiger partial charge in [0.05, 0.1) is 30.8 Å². The first-order valence-corrected chi connectivity index (χ1v) is 27.8. The summed E-state index contributed by atoms with van der Waals surface area (Å²) in [6, 6.07) is 7.51. The molecule has 1 unspecified atom stereocenters. The minimum absolute atomic E-state index is 0.00266. The van der Waals surface area contributed by atoms with Gasteiger partial charge in [-0.15, -0.1) is 0 Å². The Hall–Kier alpha value is -5.90. The zero-order valence-electron chi connectivity index (χ0n) is 41.2. The molecule has 0 bridgehead atoms. The Balaban J connectivity index is 0.933. The van der Waals surface area contributed by atoms with Crippen molar-refractivity contribution < 1.29 is 79.1 Å². The normalized spacial score (nSPS) is 21.5. The molecule has 2 aromatic heterocycles. The van der Waals surface area contributed by atoms with E-state index in [1.165, 1.54) is 22.5 Å². The van der Waals surface area contributed by atoms with Gasteiger partial charge >= 0.3 is 27.4 Å². The molecular weight excluding hydrogens is 1030 g/mol. The molecule has 30 heteroatoms. The zero-order valence-corrected chi connectivity index (χ0v) is 43.8. The first-order valence-electron chi connectivity index (χ1n) is 23.2. The van der Waals surface area contributed by atoms with Crippen LogP contribution in [0.1, 0.15) is 71.7 Å². The molecule has 4 aliphatic heterocycles. The third-order valence-electron chi connectivity index (χ3n) is 12.8. The molecule has 1 fully saturated rings. The fraction of sp³-hybridized carbons (Fsp3) is 0.477. The Bertz CT molecular complexity index is 3450. The van der Waals surface area contributed by atoms with Gasteiger partial charge in [-0.05, 0) is 57.0 Å². The largest absolute Gasteiger partial charge is 0.481 e. The van der Waals surface area contributed by atoms with Crippen molar-refractivity contribution in [3.63, 3.8) is 0 Å². The van der Waals surface area contributed by atoms with E-state index >= 15 is 0 Å². The molecule has 4 aromatic rings. The van der Waals surface area contributed by atoms with Gasteiger partial charge in [-0.3, -0.25) is 28.2 Å². The molecule has 0 saturated carbocycles. The number of aliphatic hydroxyl groups is 1. The lowest BCUT2D eigenvalue weighted by atomic mass is 9.88. The van der Waals surface area contributed by atoms with Crippen LogP contribution in [0.5, 0.6) is 11.5 Å². The predicted octanol–water partition coefficient (Wildman–Crippen LogP) is 0.941. The number of nitrogens with zero attached hydrogens (tertiary/aromatic N) is 6. The summed E-state index contributed by atoms with van der Waals surface area (Å²) in [6.45, 7) is 12.0. The number of carbonyl (C=O) groups excluding carboxylic acids is 2. The monoisotopic (exact) mass is 1090 g/mol. The van der Waals surface area contributed by atoms with Crippen molar-refractivity contribution in [2.75, 3.05) is 49.2 Å². The third-order valence-corrected chi connectivity index (χ3v) is 15.7. The second-order valence-corrected chi connectivity index (χ2v) is 23.5. The Morgan fingerprint density at radius 2 is 1.76 bits per heavy atom. The lowest BCUT2D eigenvalue weighted by Crippen LogP contribution is -2.50. The minimum atomic E-state index is -5.53. The van der Waals surface area contributed by atoms with Gasteiger partial charge in [0, 0.05) is 63.6 Å². The van der Waals surface area contributed by atoms with Crippen LogP contribution in [0.15, 0.2) is 52.5 Å². The second kappa shape index (κ2) is 20.0. The van der Waals surface area contributed by atoms with Gasteiger partial charge < -0.3 is 55.3 Å². The number of ether oxygens (including phenoxy) is 3. The maximum atomic E-state index is 13.1. The molecule has 74 heavy (non-hydrogen) atoms. The number of hydrogen-bond acceptors (Lipinski definition) is 17. The Kier molecular flexibility index (Phi) is 14.7. The number of imidazole rings is 1. The van der Waals surface area contributed by atoms with E-state index in [1.54, 1.807) is 18.2 Å². The van der Waals surface area contributed by atoms with E-state index in [0.717, 1.165) is 23.4 Å². The van der Waals surface area contributed by atoms with Gasteiger partial charge in [-0.2, -0.15) is 12.7 Å². The number of alkyl carbamates (subject to hydrolysis) is 1. The molecular formula is C44H58N10O17P2S+2. The highest BCUT2D eigenvalue weighted by Gasteiger charge is 2.51. The first kappa shape index (κ1) is 54.4. The molecule has 0 radical (unpaired) electrons. The number of hydrogen-bond donors (Lipinski definition) is 9. The first-order chi connectivity index (χ1) is 34.4. The number of aromatic nitrogens is 4. The quantitative estimate of drug-likeness (QED) is 0.0271. The summed E-state index contributed by atoms with van der Waals surface area (Å²) in [5.41, 5.74) is 8.62. The smallest absolute Gasteiger partial charge is 0.452 e. The van der Waals surface area contributed by atoms with Crippen LogP contribution in [0, 0.1) is 0 Å². The molecule has 0 spiro atoms. The summed E-state index contributed by atoms with van der Waals surface area (Å²) in [4.78, 5) is 80.6. The number of aliphatic hydroxyl groups excluding tert-OH is 1. The number of benzene rings is 2. The van der Waals surface area contributed by atoms with Crippen molar-refractivity contribution >= 4 is 77.4 Å². The number of likely N-dealkylation sites (N-methyl/N-ethyl adjacent to an activating group) is 1. The van der Waals surface area contributed by atoms with E-state index in [0.29, 0.717) is 52.0 Å². The Labute approximate surface area is 422 Å². The molecule has 400 valence electrons. The van der Waals surface area contributed by atoms with E-state index < -0.39 is 79.9 Å². The van der Waals surface area contributed by atoms with Crippen LogP contribution in [0.2, 0.25) is 0 Å². The summed E-state index contributed by atoms with van der Waals surface area (Å²) in [5.74, 6) is -0.328. The average molecular weight is 1090 g/mol. The molecule has 0 aliphatic carbocycles. The predicted molar refractivity (Wildman–Crippen MR) is 264 cm³/mol. The average Bonchev–Trinajstić information content (AvgIpc) is 3.76. The molecule has 6 heterocycles. The third kappa shape index (κ3) is 11.5. The van der Waals surface area contributed by atoms with Gasteiger partial charge in [0.1, 0.15) is 29.4 Å². The number of nitrogens with two attached hydrogens (primary N) is 1. The highest BCUT2D eigenvalue weighted by atomic mass is 32.2. The molecule has 2 aromatic carbocycles. The fourth-order valence-electron chi connectivity index (χ4n) is 9.94. The van der Waals surface area contributed by atoms with Crippen LogP contribution in [0.3, 0.4) is 0 Å². The number of carbonyl (C=O) groups is 2. The van der Waals surface area contributed by atoms with Gasteiger partial charge in [0.15, 0.2) is 35.6 Å². The van der Waals surface area contributed by atoms with Crippen molar-refractivity contribution in [2.45, 2.75) is 90.0 Å². The summed E-state index contributed by atoms with van der Waals surface area (Å²) in [7, 11) is -13.9. The molecule has 8 rings (SSSR count). The number of nitrogens with one attached hydrogen (secondary N) is 3. The SMILES string of the molecule is CCN1c2cc3c(cc2C(C)=CC1(C)C)N=c1cc2c(cc1O3)=[N+](CCCC(=O)NCCNC(=O)O[C@H]1[C@@H](O)[C@H]([n+]3cn(C)c4c(=O)[nH]c(N)nc43)O[C@@H]1COP(=O)(O)OP(=O)(O)O)C(C)(C)C=C2CS(=O)(=O)O. The van der Waals surface area contributed by atoms with Crippen LogP contribution in [0.25, 0.3) is 22.3 Å². The Morgan fingerprint density at radius 1 is 1.04 bits per heavy atom.